The van der Waals surface area contributed by atoms with E-state index in [9.17, 15) is 5.26 Å². The van der Waals surface area contributed by atoms with Crippen LogP contribution < -0.4 is 5.32 Å². The number of nitrogens with one attached hydrogen (secondary N) is 1. The smallest absolute Gasteiger partial charge is 0.103 e. The van der Waals surface area contributed by atoms with Crippen molar-refractivity contribution in [2.45, 2.75) is 0 Å². The maximum atomic E-state index is 9.30. The van der Waals surface area contributed by atoms with E-state index in [2.05, 4.69) is 21.2 Å². The Morgan fingerprint density at radius 1 is 0.909 bits per heavy atom. The number of rotatable bonds is 2. The summed E-state index contributed by atoms with van der Waals surface area (Å²) in [5.41, 5.74) is 0.862. The lowest BCUT2D eigenvalue weighted by molar-refractivity contribution is 1.43. The highest BCUT2D eigenvalue weighted by molar-refractivity contribution is 9.10. The van der Waals surface area contributed by atoms with Crippen molar-refractivity contribution >= 4 is 73.7 Å². The van der Waals surface area contributed by atoms with Gasteiger partial charge in [-0.15, -0.1) is 0 Å². The van der Waals surface area contributed by atoms with E-state index in [-0.39, 0.29) is 31.9 Å². The Kier molecular flexibility index (Phi) is 5.45. The van der Waals surface area contributed by atoms with Gasteiger partial charge in [-0.3, -0.25) is 0 Å². The van der Waals surface area contributed by atoms with Crippen LogP contribution in [0.15, 0.2) is 22.7 Å². The maximum Gasteiger partial charge on any atom is 0.103 e. The van der Waals surface area contributed by atoms with Crippen molar-refractivity contribution < 1.29 is 0 Å². The predicted octanol–water partition coefficient (Wildman–Crippen LogP) is 6.55. The van der Waals surface area contributed by atoms with Crippen LogP contribution in [0.2, 0.25) is 20.1 Å². The zero-order chi connectivity index (χ0) is 16.4. The second-order valence-corrected chi connectivity index (χ2v) is 6.46. The summed E-state index contributed by atoms with van der Waals surface area (Å²) in [4.78, 5) is 0. The van der Waals surface area contributed by atoms with Gasteiger partial charge in [0.15, 0.2) is 0 Å². The van der Waals surface area contributed by atoms with Crippen LogP contribution in [0.25, 0.3) is 0 Å². The summed E-state index contributed by atoms with van der Waals surface area (Å²) >= 11 is 27.4. The lowest BCUT2D eigenvalue weighted by Gasteiger charge is -2.15. The van der Waals surface area contributed by atoms with Gasteiger partial charge >= 0.3 is 0 Å². The molecule has 3 nitrogen and oxygen atoms in total. The molecule has 0 fully saturated rings. The molecule has 0 saturated carbocycles. The van der Waals surface area contributed by atoms with Gasteiger partial charge in [-0.1, -0.05) is 46.4 Å². The quantitative estimate of drug-likeness (QED) is 0.544. The third-order valence-electron chi connectivity index (χ3n) is 2.74. The third kappa shape index (κ3) is 3.13. The summed E-state index contributed by atoms with van der Waals surface area (Å²) in [6.45, 7) is 0. The van der Waals surface area contributed by atoms with E-state index in [0.717, 1.165) is 0 Å². The first-order chi connectivity index (χ1) is 10.4. The molecule has 0 saturated heterocycles. The number of halogens is 5. The second-order valence-electron chi connectivity index (χ2n) is 4.04. The fourth-order valence-corrected chi connectivity index (χ4v) is 3.28. The number of hydrogen-bond acceptors (Lipinski definition) is 3. The van der Waals surface area contributed by atoms with Gasteiger partial charge in [0, 0.05) is 9.50 Å². The molecule has 2 aromatic carbocycles. The van der Waals surface area contributed by atoms with Gasteiger partial charge in [0.1, 0.15) is 12.1 Å². The first kappa shape index (κ1) is 17.2. The number of benzene rings is 2. The van der Waals surface area contributed by atoms with Crippen LogP contribution >= 0.6 is 62.3 Å². The van der Waals surface area contributed by atoms with Crippen molar-refractivity contribution in [1.82, 2.24) is 0 Å². The molecule has 0 heterocycles. The Hall–Kier alpha value is -1.14. The number of nitriles is 2. The van der Waals surface area contributed by atoms with Crippen molar-refractivity contribution in [3.05, 3.63) is 53.9 Å². The van der Waals surface area contributed by atoms with Gasteiger partial charge in [-0.25, -0.2) is 0 Å². The topological polar surface area (TPSA) is 59.6 Å². The van der Waals surface area contributed by atoms with Crippen molar-refractivity contribution in [2.75, 3.05) is 5.32 Å². The highest BCUT2D eigenvalue weighted by Gasteiger charge is 2.22. The largest absolute Gasteiger partial charge is 0.352 e. The molecular weight excluding hydrogens is 432 g/mol. The molecule has 0 amide bonds. The van der Waals surface area contributed by atoms with Crippen molar-refractivity contribution in [3.8, 4) is 12.1 Å². The average molecular weight is 436 g/mol. The van der Waals surface area contributed by atoms with E-state index < -0.39 is 0 Å². The standard InChI is InChI=1S/C14H4BrCl4N3/c15-9-3-6(16)1-2-10(9)22-14-8(5-21)12(18)11(17)7(4-20)13(14)19/h1-3,22H. The molecule has 0 aromatic heterocycles. The van der Waals surface area contributed by atoms with Crippen LogP contribution in [0.4, 0.5) is 11.4 Å². The second kappa shape index (κ2) is 6.96. The molecule has 22 heavy (non-hydrogen) atoms. The summed E-state index contributed by atoms with van der Waals surface area (Å²) < 4.78 is 0.657. The van der Waals surface area contributed by atoms with E-state index in [4.69, 9.17) is 51.7 Å². The molecule has 0 spiro atoms. The summed E-state index contributed by atoms with van der Waals surface area (Å²) in [5, 5.41) is 21.9. The lowest BCUT2D eigenvalue weighted by atomic mass is 10.1. The molecule has 110 valence electrons. The molecule has 1 N–H and O–H groups in total. The fourth-order valence-electron chi connectivity index (χ4n) is 1.71. The van der Waals surface area contributed by atoms with Gasteiger partial charge in [0.05, 0.1) is 37.6 Å². The minimum atomic E-state index is -0.0496. The van der Waals surface area contributed by atoms with Crippen LogP contribution in [-0.2, 0) is 0 Å². The Balaban J connectivity index is 2.68. The predicted molar refractivity (Wildman–Crippen MR) is 93.3 cm³/mol. The Morgan fingerprint density at radius 2 is 1.50 bits per heavy atom. The maximum absolute atomic E-state index is 9.30. The Morgan fingerprint density at radius 3 is 2.05 bits per heavy atom. The van der Waals surface area contributed by atoms with Crippen molar-refractivity contribution in [3.63, 3.8) is 0 Å². The molecule has 0 aliphatic heterocycles. The van der Waals surface area contributed by atoms with Gasteiger partial charge in [0.2, 0.25) is 0 Å². The van der Waals surface area contributed by atoms with Crippen LogP contribution in [0.5, 0.6) is 0 Å². The normalized spacial score (nSPS) is 9.95. The first-order valence-corrected chi connectivity index (χ1v) is 7.94. The minimum absolute atomic E-state index is 0.0000747. The number of anilines is 2. The van der Waals surface area contributed by atoms with Crippen molar-refractivity contribution in [1.29, 1.82) is 10.5 Å². The monoisotopic (exact) mass is 433 g/mol. The van der Waals surface area contributed by atoms with Gasteiger partial charge in [0.25, 0.3) is 0 Å². The minimum Gasteiger partial charge on any atom is -0.352 e. The molecule has 0 aliphatic rings. The molecule has 0 aliphatic carbocycles. The zero-order valence-corrected chi connectivity index (χ0v) is 15.1. The number of nitrogens with zero attached hydrogens (tertiary/aromatic N) is 2. The van der Waals surface area contributed by atoms with E-state index in [0.29, 0.717) is 15.2 Å². The highest BCUT2D eigenvalue weighted by atomic mass is 79.9. The van der Waals surface area contributed by atoms with Crippen LogP contribution in [0, 0.1) is 22.7 Å². The summed E-state index contributed by atoms with van der Waals surface area (Å²) in [7, 11) is 0. The number of hydrogen-bond donors (Lipinski definition) is 1. The van der Waals surface area contributed by atoms with Crippen LogP contribution in [-0.4, -0.2) is 0 Å². The van der Waals surface area contributed by atoms with Gasteiger partial charge in [-0.05, 0) is 34.1 Å². The molecular formula is C14H4BrCl4N3. The van der Waals surface area contributed by atoms with E-state index in [1.54, 1.807) is 18.2 Å². The molecule has 0 radical (unpaired) electrons. The summed E-state index contributed by atoms with van der Waals surface area (Å²) in [5.74, 6) is 0. The van der Waals surface area contributed by atoms with E-state index >= 15 is 0 Å². The van der Waals surface area contributed by atoms with Gasteiger partial charge in [-0.2, -0.15) is 10.5 Å². The fraction of sp³-hybridized carbons (Fsp3) is 0. The summed E-state index contributed by atoms with van der Waals surface area (Å²) in [6.07, 6.45) is 0. The Bertz CT molecular complexity index is 853. The lowest BCUT2D eigenvalue weighted by Crippen LogP contribution is -1.99. The third-order valence-corrected chi connectivity index (χ3v) is 4.86. The van der Waals surface area contributed by atoms with E-state index in [1.165, 1.54) is 0 Å². The molecule has 2 aromatic rings. The highest BCUT2D eigenvalue weighted by Crippen LogP contribution is 2.43. The molecule has 0 atom stereocenters. The summed E-state index contributed by atoms with van der Waals surface area (Å²) in [6, 6.07) is 8.84. The average Bonchev–Trinajstić information content (AvgIpc) is 2.48. The van der Waals surface area contributed by atoms with Gasteiger partial charge < -0.3 is 5.32 Å². The molecule has 2 rings (SSSR count). The van der Waals surface area contributed by atoms with E-state index in [1.807, 2.05) is 12.1 Å². The molecule has 0 unspecified atom stereocenters. The molecule has 8 heteroatoms. The zero-order valence-electron chi connectivity index (χ0n) is 10.5. The van der Waals surface area contributed by atoms with Crippen molar-refractivity contribution in [2.24, 2.45) is 0 Å². The Labute approximate surface area is 155 Å². The van der Waals surface area contributed by atoms with Crippen LogP contribution in [0.3, 0.4) is 0 Å². The van der Waals surface area contributed by atoms with Crippen LogP contribution in [0.1, 0.15) is 11.1 Å². The first-order valence-electron chi connectivity index (χ1n) is 5.63. The SMILES string of the molecule is N#Cc1c(Cl)c(Cl)c(C#N)c(Nc2ccc(Cl)cc2Br)c1Cl. The molecule has 0 bridgehead atoms.